The van der Waals surface area contributed by atoms with E-state index in [9.17, 15) is 9.59 Å². The monoisotopic (exact) mass is 458 g/mol. The van der Waals surface area contributed by atoms with E-state index in [2.05, 4.69) is 25.8 Å². The molecule has 0 spiro atoms. The summed E-state index contributed by atoms with van der Waals surface area (Å²) < 4.78 is 2.13. The third-order valence-corrected chi connectivity index (χ3v) is 6.29. The first-order chi connectivity index (χ1) is 14.5. The van der Waals surface area contributed by atoms with Gasteiger partial charge in [0.15, 0.2) is 4.34 Å². The first kappa shape index (κ1) is 20.3. The molecule has 30 heavy (non-hydrogen) atoms. The number of amides is 2. The molecule has 0 aliphatic carbocycles. The number of benzene rings is 1. The number of hydrogen-bond acceptors (Lipinski definition) is 7. The number of thioether (sulfide) groups is 1. The van der Waals surface area contributed by atoms with Crippen molar-refractivity contribution >= 4 is 57.2 Å². The van der Waals surface area contributed by atoms with Gasteiger partial charge in [0.2, 0.25) is 5.13 Å². The predicted octanol–water partition coefficient (Wildman–Crippen LogP) is 4.44. The van der Waals surface area contributed by atoms with Crippen LogP contribution in [0.4, 0.5) is 15.6 Å². The zero-order valence-corrected chi connectivity index (χ0v) is 18.0. The fraction of sp³-hybridized carbons (Fsp3) is 0.105. The molecule has 3 aromatic heterocycles. The van der Waals surface area contributed by atoms with Gasteiger partial charge in [-0.25, -0.2) is 9.78 Å². The summed E-state index contributed by atoms with van der Waals surface area (Å²) in [5.41, 5.74) is 2.61. The Morgan fingerprint density at radius 1 is 1.20 bits per heavy atom. The summed E-state index contributed by atoms with van der Waals surface area (Å²) in [4.78, 5) is 28.8. The van der Waals surface area contributed by atoms with E-state index in [1.165, 1.54) is 33.6 Å². The van der Waals surface area contributed by atoms with Gasteiger partial charge in [0, 0.05) is 18.0 Å². The molecule has 0 bridgehead atoms. The zero-order valence-electron chi connectivity index (χ0n) is 15.6. The number of carbonyl (C=O) groups is 1. The van der Waals surface area contributed by atoms with Crippen molar-refractivity contribution in [1.29, 1.82) is 0 Å². The predicted molar refractivity (Wildman–Crippen MR) is 120 cm³/mol. The molecular weight excluding hydrogens is 444 g/mol. The van der Waals surface area contributed by atoms with Crippen LogP contribution >= 0.6 is 34.7 Å². The van der Waals surface area contributed by atoms with Gasteiger partial charge >= 0.3 is 6.03 Å². The number of halogens is 1. The summed E-state index contributed by atoms with van der Waals surface area (Å²) in [7, 11) is 0. The van der Waals surface area contributed by atoms with Crippen molar-refractivity contribution in [1.82, 2.24) is 19.6 Å². The van der Waals surface area contributed by atoms with Gasteiger partial charge in [-0.05, 0) is 36.8 Å². The van der Waals surface area contributed by atoms with Gasteiger partial charge in [-0.1, -0.05) is 46.8 Å². The second kappa shape index (κ2) is 8.82. The van der Waals surface area contributed by atoms with E-state index < -0.39 is 6.03 Å². The number of urea groups is 1. The van der Waals surface area contributed by atoms with Gasteiger partial charge in [-0.3, -0.25) is 14.5 Å². The molecule has 0 fully saturated rings. The van der Waals surface area contributed by atoms with Crippen molar-refractivity contribution in [3.05, 3.63) is 75.3 Å². The van der Waals surface area contributed by atoms with Gasteiger partial charge in [-0.15, -0.1) is 10.2 Å². The fourth-order valence-electron chi connectivity index (χ4n) is 2.60. The molecule has 2 amide bonds. The van der Waals surface area contributed by atoms with Crippen molar-refractivity contribution in [2.45, 2.75) is 17.0 Å². The first-order valence-corrected chi connectivity index (χ1v) is 10.9. The number of rotatable bonds is 5. The van der Waals surface area contributed by atoms with Crippen LogP contribution in [0.25, 0.3) is 5.65 Å². The molecule has 3 heterocycles. The summed E-state index contributed by atoms with van der Waals surface area (Å²) >= 11 is 8.75. The first-order valence-electron chi connectivity index (χ1n) is 8.76. The molecule has 0 atom stereocenters. The second-order valence-electron chi connectivity index (χ2n) is 6.24. The highest BCUT2D eigenvalue weighted by Crippen LogP contribution is 2.28. The summed E-state index contributed by atoms with van der Waals surface area (Å²) in [5.74, 6) is 0.459. The molecule has 8 nitrogen and oxygen atoms in total. The maximum absolute atomic E-state index is 12.2. The van der Waals surface area contributed by atoms with E-state index >= 15 is 0 Å². The van der Waals surface area contributed by atoms with E-state index in [0.29, 0.717) is 37.3 Å². The van der Waals surface area contributed by atoms with Gasteiger partial charge in [0.25, 0.3) is 5.56 Å². The summed E-state index contributed by atoms with van der Waals surface area (Å²) in [6, 6.07) is 11.8. The average Bonchev–Trinajstić information content (AvgIpc) is 3.16. The Kier molecular flexibility index (Phi) is 5.98. The van der Waals surface area contributed by atoms with Gasteiger partial charge in [0.1, 0.15) is 5.65 Å². The van der Waals surface area contributed by atoms with Crippen LogP contribution in [0.15, 0.2) is 57.8 Å². The Bertz CT molecular complexity index is 1290. The quantitative estimate of drug-likeness (QED) is 0.338. The second-order valence-corrected chi connectivity index (χ2v) is 8.85. The van der Waals surface area contributed by atoms with E-state index in [1.54, 1.807) is 30.5 Å². The van der Waals surface area contributed by atoms with Crippen LogP contribution in [-0.4, -0.2) is 25.6 Å². The lowest BCUT2D eigenvalue weighted by Gasteiger charge is -2.07. The third-order valence-electron chi connectivity index (χ3n) is 3.97. The molecule has 11 heteroatoms. The van der Waals surface area contributed by atoms with Gasteiger partial charge < -0.3 is 5.32 Å². The van der Waals surface area contributed by atoms with E-state index in [-0.39, 0.29) is 5.56 Å². The Labute approximate surface area is 184 Å². The number of hydrogen-bond donors (Lipinski definition) is 2. The highest BCUT2D eigenvalue weighted by molar-refractivity contribution is 8.00. The van der Waals surface area contributed by atoms with Crippen LogP contribution in [-0.2, 0) is 5.75 Å². The minimum Gasteiger partial charge on any atom is -0.306 e. The number of aromatic nitrogens is 4. The van der Waals surface area contributed by atoms with E-state index in [4.69, 9.17) is 11.6 Å². The molecule has 0 aliphatic rings. The maximum atomic E-state index is 12.2. The number of nitrogens with one attached hydrogen (secondary N) is 2. The number of carbonyl (C=O) groups excluding carboxylic acids is 1. The number of pyridine rings is 1. The molecule has 4 aromatic rings. The van der Waals surface area contributed by atoms with Crippen LogP contribution in [0.3, 0.4) is 0 Å². The Hall–Kier alpha value is -2.95. The van der Waals surface area contributed by atoms with Gasteiger partial charge in [-0.2, -0.15) is 0 Å². The van der Waals surface area contributed by atoms with Crippen LogP contribution in [0.5, 0.6) is 0 Å². The third kappa shape index (κ3) is 4.78. The number of anilines is 2. The molecule has 2 N–H and O–H groups in total. The van der Waals surface area contributed by atoms with Crippen LogP contribution in [0.2, 0.25) is 5.02 Å². The highest BCUT2D eigenvalue weighted by Gasteiger charge is 2.11. The molecule has 0 aliphatic heterocycles. The van der Waals surface area contributed by atoms with Crippen molar-refractivity contribution in [3.63, 3.8) is 0 Å². The molecule has 4 rings (SSSR count). The van der Waals surface area contributed by atoms with Crippen LogP contribution in [0.1, 0.15) is 11.3 Å². The number of aryl methyl sites for hydroxylation is 1. The molecule has 0 radical (unpaired) electrons. The largest absolute Gasteiger partial charge is 0.325 e. The Balaban J connectivity index is 1.37. The van der Waals surface area contributed by atoms with Crippen LogP contribution in [0, 0.1) is 6.92 Å². The van der Waals surface area contributed by atoms with Crippen molar-refractivity contribution in [2.24, 2.45) is 0 Å². The van der Waals surface area contributed by atoms with Crippen molar-refractivity contribution < 1.29 is 4.79 Å². The minimum absolute atomic E-state index is 0.137. The lowest BCUT2D eigenvalue weighted by atomic mass is 10.2. The smallest absolute Gasteiger partial charge is 0.306 e. The minimum atomic E-state index is -0.460. The topological polar surface area (TPSA) is 101 Å². The van der Waals surface area contributed by atoms with E-state index in [0.717, 1.165) is 5.56 Å². The van der Waals surface area contributed by atoms with Crippen LogP contribution < -0.4 is 16.2 Å². The van der Waals surface area contributed by atoms with E-state index in [1.807, 2.05) is 19.1 Å². The number of nitrogens with zero attached hydrogens (tertiary/aromatic N) is 4. The maximum Gasteiger partial charge on any atom is 0.325 e. The molecule has 0 saturated carbocycles. The van der Waals surface area contributed by atoms with Gasteiger partial charge in [0.05, 0.1) is 16.4 Å². The summed E-state index contributed by atoms with van der Waals surface area (Å²) in [6.45, 7) is 1.92. The van der Waals surface area contributed by atoms with Crippen molar-refractivity contribution in [2.75, 3.05) is 10.6 Å². The summed E-state index contributed by atoms with van der Waals surface area (Å²) in [5, 5.41) is 14.2. The lowest BCUT2D eigenvalue weighted by Crippen LogP contribution is -2.19. The molecule has 1 aromatic carbocycles. The fourth-order valence-corrected chi connectivity index (χ4v) is 4.53. The molecular formula is C19H15ClN6O2S2. The Morgan fingerprint density at radius 3 is 2.90 bits per heavy atom. The standard InChI is InChI=1S/C19H15ClN6O2S2/c1-11-5-6-14(13(20)8-11)22-17(28)23-18-24-25-19(30-18)29-10-12-9-16(27)26-7-3-2-4-15(26)21-12/h2-9H,10H2,1H3,(H2,22,23,24,28). The lowest BCUT2D eigenvalue weighted by molar-refractivity contribution is 0.262. The van der Waals surface area contributed by atoms with Crippen molar-refractivity contribution in [3.8, 4) is 0 Å². The summed E-state index contributed by atoms with van der Waals surface area (Å²) in [6.07, 6.45) is 1.68. The Morgan fingerprint density at radius 2 is 2.07 bits per heavy atom. The molecule has 152 valence electrons. The SMILES string of the molecule is Cc1ccc(NC(=O)Nc2nnc(SCc3cc(=O)n4ccccc4n3)s2)c(Cl)c1. The molecule has 0 saturated heterocycles. The zero-order chi connectivity index (χ0) is 21.1. The average molecular weight is 459 g/mol. The number of fused-ring (bicyclic) bond motifs is 1. The molecule has 0 unspecified atom stereocenters. The normalized spacial score (nSPS) is 10.9. The highest BCUT2D eigenvalue weighted by atomic mass is 35.5.